The van der Waals surface area contributed by atoms with Crippen molar-refractivity contribution < 1.29 is 0 Å². The Bertz CT molecular complexity index is 513. The Morgan fingerprint density at radius 3 is 1.03 bits per heavy atom. The van der Waals surface area contributed by atoms with Gasteiger partial charge in [0.1, 0.15) is 0 Å². The Balaban J connectivity index is 1.17. The van der Waals surface area contributed by atoms with E-state index in [1.54, 1.807) is 64.2 Å². The number of hydrogen-bond donors (Lipinski definition) is 0. The van der Waals surface area contributed by atoms with Gasteiger partial charge in [-0.3, -0.25) is 0 Å². The quantitative estimate of drug-likeness (QED) is 0.427. The van der Waals surface area contributed by atoms with Crippen LogP contribution in [-0.2, 0) is 0 Å². The molecule has 30 heavy (non-hydrogen) atoms. The monoisotopic (exact) mass is 410 g/mol. The van der Waals surface area contributed by atoms with Crippen LogP contribution in [-0.4, -0.2) is 0 Å². The predicted octanol–water partition coefficient (Wildman–Crippen LogP) is 8.74. The van der Waals surface area contributed by atoms with Crippen LogP contribution < -0.4 is 0 Å². The summed E-state index contributed by atoms with van der Waals surface area (Å²) in [7, 11) is 0. The topological polar surface area (TPSA) is 0 Å². The fourth-order valence-electron chi connectivity index (χ4n) is 11.3. The zero-order chi connectivity index (χ0) is 20.2. The van der Waals surface area contributed by atoms with Crippen molar-refractivity contribution in [3.8, 4) is 0 Å². The maximum absolute atomic E-state index is 2.61. The van der Waals surface area contributed by atoms with Crippen LogP contribution in [0.4, 0.5) is 0 Å². The molecule has 6 saturated carbocycles. The third-order valence-electron chi connectivity index (χ3n) is 12.4. The maximum Gasteiger partial charge on any atom is -0.0323 e. The van der Waals surface area contributed by atoms with Gasteiger partial charge >= 0.3 is 0 Å². The van der Waals surface area contributed by atoms with Crippen LogP contribution in [0.5, 0.6) is 0 Å². The molecule has 0 bridgehead atoms. The van der Waals surface area contributed by atoms with Crippen molar-refractivity contribution in [2.75, 3.05) is 0 Å². The molecule has 0 amide bonds. The lowest BCUT2D eigenvalue weighted by Gasteiger charge is -2.61. The number of hydrogen-bond acceptors (Lipinski definition) is 0. The van der Waals surface area contributed by atoms with E-state index in [0.29, 0.717) is 0 Å². The second kappa shape index (κ2) is 8.41. The van der Waals surface area contributed by atoms with Gasteiger partial charge in [0.05, 0.1) is 0 Å². The van der Waals surface area contributed by atoms with Gasteiger partial charge in [-0.25, -0.2) is 0 Å². The standard InChI is InChI=1S/C30H50/c1-19-7-3-5-9-27(19)25-15-21-11-13-23-17-26(28-10-6-4-8-20(28)2)18-24-14-12-22(16-25)29(21)30(23)24/h19-30H,3-18H2,1-2H3. The van der Waals surface area contributed by atoms with Crippen molar-refractivity contribution in [1.29, 1.82) is 0 Å². The Morgan fingerprint density at radius 1 is 0.367 bits per heavy atom. The van der Waals surface area contributed by atoms with Crippen LogP contribution in [0.25, 0.3) is 0 Å². The lowest BCUT2D eigenvalue weighted by atomic mass is 9.44. The fourth-order valence-corrected chi connectivity index (χ4v) is 11.3. The molecule has 0 N–H and O–H groups in total. The van der Waals surface area contributed by atoms with Crippen LogP contribution in [0.15, 0.2) is 0 Å². The van der Waals surface area contributed by atoms with Gasteiger partial charge in [0.15, 0.2) is 0 Å². The van der Waals surface area contributed by atoms with Crippen molar-refractivity contribution in [3.63, 3.8) is 0 Å². The highest BCUT2D eigenvalue weighted by Crippen LogP contribution is 2.63. The molecule has 8 atom stereocenters. The maximum atomic E-state index is 2.61. The van der Waals surface area contributed by atoms with Crippen molar-refractivity contribution in [2.45, 2.75) is 117 Å². The molecule has 0 heterocycles. The Kier molecular flexibility index (Phi) is 5.77. The zero-order valence-corrected chi connectivity index (χ0v) is 20.2. The zero-order valence-electron chi connectivity index (χ0n) is 20.2. The van der Waals surface area contributed by atoms with Gasteiger partial charge < -0.3 is 0 Å². The summed E-state index contributed by atoms with van der Waals surface area (Å²) in [6.45, 7) is 5.22. The van der Waals surface area contributed by atoms with Crippen molar-refractivity contribution in [3.05, 3.63) is 0 Å². The molecule has 0 radical (unpaired) electrons. The minimum absolute atomic E-state index is 1.03. The van der Waals surface area contributed by atoms with E-state index in [2.05, 4.69) is 13.8 Å². The lowest BCUT2D eigenvalue weighted by molar-refractivity contribution is -0.117. The molecular formula is C30H50. The summed E-state index contributed by atoms with van der Waals surface area (Å²) in [6, 6.07) is 0. The van der Waals surface area contributed by atoms with Crippen molar-refractivity contribution in [1.82, 2.24) is 0 Å². The van der Waals surface area contributed by atoms with E-state index in [-0.39, 0.29) is 0 Å². The SMILES string of the molecule is CC1CCCCC1C1CC2CCC3CC(C4CCCCC4C)CC4CCC(C1)C2C34. The molecule has 0 heteroatoms. The normalized spacial score (nSPS) is 56.2. The van der Waals surface area contributed by atoms with Crippen LogP contribution in [0, 0.1) is 71.0 Å². The predicted molar refractivity (Wildman–Crippen MR) is 127 cm³/mol. The third kappa shape index (κ3) is 3.53. The molecular weight excluding hydrogens is 360 g/mol. The van der Waals surface area contributed by atoms with Crippen molar-refractivity contribution in [2.24, 2.45) is 71.0 Å². The van der Waals surface area contributed by atoms with Gasteiger partial charge in [0.25, 0.3) is 0 Å². The molecule has 0 aromatic heterocycles. The highest BCUT2D eigenvalue weighted by atomic mass is 14.6. The number of rotatable bonds is 2. The van der Waals surface area contributed by atoms with Crippen molar-refractivity contribution >= 4 is 0 Å². The molecule has 6 aliphatic rings. The van der Waals surface area contributed by atoms with E-state index in [0.717, 1.165) is 59.2 Å². The fraction of sp³-hybridized carbons (Fsp3) is 1.00. The van der Waals surface area contributed by atoms with Gasteiger partial charge in [-0.15, -0.1) is 0 Å². The summed E-state index contributed by atoms with van der Waals surface area (Å²) in [5.74, 6) is 13.4. The summed E-state index contributed by atoms with van der Waals surface area (Å²) >= 11 is 0. The van der Waals surface area contributed by atoms with E-state index in [1.165, 1.54) is 50.4 Å². The first kappa shape index (κ1) is 20.6. The molecule has 6 fully saturated rings. The van der Waals surface area contributed by atoms with Gasteiger partial charge in [0, 0.05) is 0 Å². The first-order valence-electron chi connectivity index (χ1n) is 14.7. The van der Waals surface area contributed by atoms with Gasteiger partial charge in [-0.05, 0) is 135 Å². The second-order valence-electron chi connectivity index (χ2n) is 13.7. The van der Waals surface area contributed by atoms with Crippen LogP contribution in [0.1, 0.15) is 117 Å². The van der Waals surface area contributed by atoms with Crippen LogP contribution in [0.3, 0.4) is 0 Å². The molecule has 0 spiro atoms. The highest BCUT2D eigenvalue weighted by Gasteiger charge is 2.55. The molecule has 0 aromatic rings. The summed E-state index contributed by atoms with van der Waals surface area (Å²) in [5.41, 5.74) is 0. The van der Waals surface area contributed by atoms with Gasteiger partial charge in [-0.1, -0.05) is 52.4 Å². The molecule has 8 unspecified atom stereocenters. The summed E-state index contributed by atoms with van der Waals surface area (Å²) < 4.78 is 0. The minimum atomic E-state index is 1.03. The average Bonchev–Trinajstić information content (AvgIpc) is 2.77. The van der Waals surface area contributed by atoms with Gasteiger partial charge in [-0.2, -0.15) is 0 Å². The summed E-state index contributed by atoms with van der Waals surface area (Å²) in [6.07, 6.45) is 25.4. The van der Waals surface area contributed by atoms with E-state index in [1.807, 2.05) is 0 Å². The Hall–Kier alpha value is 0. The Morgan fingerprint density at radius 2 is 0.700 bits per heavy atom. The van der Waals surface area contributed by atoms with E-state index >= 15 is 0 Å². The van der Waals surface area contributed by atoms with E-state index < -0.39 is 0 Å². The highest BCUT2D eigenvalue weighted by molar-refractivity contribution is 5.04. The lowest BCUT2D eigenvalue weighted by Crippen LogP contribution is -2.53. The first-order valence-corrected chi connectivity index (χ1v) is 14.7. The van der Waals surface area contributed by atoms with Crippen LogP contribution in [0.2, 0.25) is 0 Å². The van der Waals surface area contributed by atoms with E-state index in [9.17, 15) is 0 Å². The Labute approximate surface area is 187 Å². The molecule has 170 valence electrons. The minimum Gasteiger partial charge on any atom is -0.0622 e. The molecule has 0 aliphatic heterocycles. The molecule has 6 rings (SSSR count). The summed E-state index contributed by atoms with van der Waals surface area (Å²) in [4.78, 5) is 0. The average molecular weight is 411 g/mol. The third-order valence-corrected chi connectivity index (χ3v) is 12.4. The second-order valence-corrected chi connectivity index (χ2v) is 13.7. The van der Waals surface area contributed by atoms with Gasteiger partial charge in [0.2, 0.25) is 0 Å². The van der Waals surface area contributed by atoms with E-state index in [4.69, 9.17) is 0 Å². The summed E-state index contributed by atoms with van der Waals surface area (Å²) in [5, 5.41) is 0. The molecule has 0 aromatic carbocycles. The molecule has 0 nitrogen and oxygen atoms in total. The molecule has 0 saturated heterocycles. The molecule has 6 aliphatic carbocycles. The first-order chi connectivity index (χ1) is 14.7. The van der Waals surface area contributed by atoms with Crippen LogP contribution >= 0.6 is 0 Å². The largest absolute Gasteiger partial charge is 0.0622 e. The smallest absolute Gasteiger partial charge is 0.0323 e.